The molecule has 25 heavy (non-hydrogen) atoms. The van der Waals surface area contributed by atoms with Gasteiger partial charge in [0, 0.05) is 23.9 Å². The van der Waals surface area contributed by atoms with Crippen LogP contribution < -0.4 is 10.6 Å². The second-order valence-corrected chi connectivity index (χ2v) is 5.85. The summed E-state index contributed by atoms with van der Waals surface area (Å²) in [4.78, 5) is 24.0. The van der Waals surface area contributed by atoms with Crippen molar-refractivity contribution in [3.05, 3.63) is 72.0 Å². The molecule has 1 aromatic heterocycles. The van der Waals surface area contributed by atoms with Gasteiger partial charge >= 0.3 is 0 Å². The normalized spacial score (nSPS) is 11.9. The van der Waals surface area contributed by atoms with Gasteiger partial charge in [0.05, 0.1) is 6.04 Å². The Morgan fingerprint density at radius 2 is 1.76 bits per heavy atom. The van der Waals surface area contributed by atoms with Crippen LogP contribution in [0.1, 0.15) is 35.5 Å². The van der Waals surface area contributed by atoms with Gasteiger partial charge in [-0.05, 0) is 31.2 Å². The van der Waals surface area contributed by atoms with Crippen LogP contribution in [0.4, 0.5) is 0 Å². The summed E-state index contributed by atoms with van der Waals surface area (Å²) >= 11 is 0. The lowest BCUT2D eigenvalue weighted by Gasteiger charge is -2.11. The van der Waals surface area contributed by atoms with Crippen molar-refractivity contribution in [1.29, 1.82) is 0 Å². The first-order valence-corrected chi connectivity index (χ1v) is 8.24. The zero-order chi connectivity index (χ0) is 17.6. The summed E-state index contributed by atoms with van der Waals surface area (Å²) in [6, 6.07) is 18.3. The van der Waals surface area contributed by atoms with Gasteiger partial charge in [0.25, 0.3) is 5.91 Å². The number of benzene rings is 2. The molecule has 2 N–H and O–H groups in total. The molecule has 0 aliphatic rings. The van der Waals surface area contributed by atoms with Gasteiger partial charge in [-0.1, -0.05) is 36.4 Å². The highest BCUT2D eigenvalue weighted by Gasteiger charge is 2.14. The molecule has 5 nitrogen and oxygen atoms in total. The molecule has 2 aromatic carbocycles. The van der Waals surface area contributed by atoms with E-state index in [4.69, 9.17) is 4.42 Å². The van der Waals surface area contributed by atoms with Crippen LogP contribution in [0.5, 0.6) is 0 Å². The smallest absolute Gasteiger partial charge is 0.251 e. The van der Waals surface area contributed by atoms with Gasteiger partial charge in [-0.15, -0.1) is 0 Å². The maximum absolute atomic E-state index is 12.1. The van der Waals surface area contributed by atoms with Crippen LogP contribution in [-0.2, 0) is 4.79 Å². The lowest BCUT2D eigenvalue weighted by molar-refractivity contribution is -0.121. The van der Waals surface area contributed by atoms with E-state index < -0.39 is 0 Å². The molecule has 0 spiro atoms. The van der Waals surface area contributed by atoms with Crippen LogP contribution in [0.3, 0.4) is 0 Å². The molecule has 0 saturated heterocycles. The molecule has 2 amide bonds. The second kappa shape index (κ2) is 7.66. The fourth-order valence-electron chi connectivity index (χ4n) is 2.58. The molecule has 0 aliphatic heterocycles. The number of hydrogen-bond acceptors (Lipinski definition) is 3. The topological polar surface area (TPSA) is 71.3 Å². The van der Waals surface area contributed by atoms with E-state index >= 15 is 0 Å². The van der Waals surface area contributed by atoms with Crippen molar-refractivity contribution >= 4 is 22.8 Å². The van der Waals surface area contributed by atoms with Crippen LogP contribution in [-0.4, -0.2) is 18.4 Å². The Balaban J connectivity index is 1.48. The molecular weight excluding hydrogens is 316 g/mol. The number of furan rings is 1. The monoisotopic (exact) mass is 336 g/mol. The Bertz CT molecular complexity index is 838. The quantitative estimate of drug-likeness (QED) is 0.724. The van der Waals surface area contributed by atoms with E-state index in [1.807, 2.05) is 43.3 Å². The predicted octanol–water partition coefficient (Wildman–Crippen LogP) is 3.43. The van der Waals surface area contributed by atoms with E-state index in [1.165, 1.54) is 0 Å². The highest BCUT2D eigenvalue weighted by molar-refractivity contribution is 5.94. The maximum Gasteiger partial charge on any atom is 0.251 e. The van der Waals surface area contributed by atoms with E-state index in [0.29, 0.717) is 11.3 Å². The van der Waals surface area contributed by atoms with Crippen LogP contribution in [0.15, 0.2) is 65.1 Å². The average molecular weight is 336 g/mol. The molecule has 128 valence electrons. The standard InChI is InChI=1S/C20H20N2O3/c1-14(18-13-16-9-5-6-10-17(16)25-18)22-19(23)11-12-21-20(24)15-7-3-2-4-8-15/h2-10,13-14H,11-12H2,1H3,(H,21,24)(H,22,23). The fourth-order valence-corrected chi connectivity index (χ4v) is 2.58. The van der Waals surface area contributed by atoms with Crippen molar-refractivity contribution in [2.45, 2.75) is 19.4 Å². The van der Waals surface area contributed by atoms with Gasteiger partial charge in [-0.25, -0.2) is 0 Å². The number of fused-ring (bicyclic) bond motifs is 1. The molecule has 0 fully saturated rings. The van der Waals surface area contributed by atoms with Crippen molar-refractivity contribution in [2.75, 3.05) is 6.54 Å². The number of amides is 2. The minimum Gasteiger partial charge on any atom is -0.459 e. The highest BCUT2D eigenvalue weighted by Crippen LogP contribution is 2.23. The summed E-state index contributed by atoms with van der Waals surface area (Å²) < 4.78 is 5.75. The Kier molecular flexibility index (Phi) is 5.14. The molecular formula is C20H20N2O3. The summed E-state index contributed by atoms with van der Waals surface area (Å²) in [6.07, 6.45) is 0.211. The molecule has 0 radical (unpaired) electrons. The predicted molar refractivity (Wildman–Crippen MR) is 96.2 cm³/mol. The van der Waals surface area contributed by atoms with E-state index in [1.54, 1.807) is 24.3 Å². The molecule has 3 rings (SSSR count). The van der Waals surface area contributed by atoms with Crippen molar-refractivity contribution < 1.29 is 14.0 Å². The van der Waals surface area contributed by atoms with Crippen LogP contribution >= 0.6 is 0 Å². The summed E-state index contributed by atoms with van der Waals surface area (Å²) in [7, 11) is 0. The van der Waals surface area contributed by atoms with E-state index in [0.717, 1.165) is 11.0 Å². The van der Waals surface area contributed by atoms with Crippen molar-refractivity contribution in [3.8, 4) is 0 Å². The molecule has 0 saturated carbocycles. The van der Waals surface area contributed by atoms with Crippen LogP contribution in [0, 0.1) is 0 Å². The van der Waals surface area contributed by atoms with Crippen molar-refractivity contribution in [1.82, 2.24) is 10.6 Å². The average Bonchev–Trinajstić information content (AvgIpc) is 3.06. The Labute approximate surface area is 146 Å². The molecule has 1 unspecified atom stereocenters. The summed E-state index contributed by atoms with van der Waals surface area (Å²) in [5, 5.41) is 6.64. The fraction of sp³-hybridized carbons (Fsp3) is 0.200. The van der Waals surface area contributed by atoms with Crippen LogP contribution in [0.25, 0.3) is 11.0 Å². The Morgan fingerprint density at radius 3 is 2.52 bits per heavy atom. The van der Waals surface area contributed by atoms with Gasteiger partial charge in [-0.3, -0.25) is 9.59 Å². The summed E-state index contributed by atoms with van der Waals surface area (Å²) in [5.74, 6) is 0.392. The molecule has 3 aromatic rings. The number of carbonyl (C=O) groups is 2. The third-order valence-electron chi connectivity index (χ3n) is 3.92. The number of hydrogen-bond donors (Lipinski definition) is 2. The van der Waals surface area contributed by atoms with E-state index in [2.05, 4.69) is 10.6 Å². The van der Waals surface area contributed by atoms with Crippen molar-refractivity contribution in [2.24, 2.45) is 0 Å². The van der Waals surface area contributed by atoms with E-state index in [9.17, 15) is 9.59 Å². The van der Waals surface area contributed by atoms with Crippen molar-refractivity contribution in [3.63, 3.8) is 0 Å². The number of nitrogens with one attached hydrogen (secondary N) is 2. The van der Waals surface area contributed by atoms with Gasteiger partial charge in [0.1, 0.15) is 11.3 Å². The first-order chi connectivity index (χ1) is 12.1. The SMILES string of the molecule is CC(NC(=O)CCNC(=O)c1ccccc1)c1cc2ccccc2o1. The second-order valence-electron chi connectivity index (χ2n) is 5.85. The zero-order valence-electron chi connectivity index (χ0n) is 14.0. The van der Waals surface area contributed by atoms with Gasteiger partial charge < -0.3 is 15.1 Å². The summed E-state index contributed by atoms with van der Waals surface area (Å²) in [5.41, 5.74) is 1.38. The first kappa shape index (κ1) is 16.8. The van der Waals surface area contributed by atoms with Gasteiger partial charge in [-0.2, -0.15) is 0 Å². The molecule has 1 atom stereocenters. The molecule has 5 heteroatoms. The Morgan fingerprint density at radius 1 is 1.04 bits per heavy atom. The van der Waals surface area contributed by atoms with E-state index in [-0.39, 0.29) is 30.8 Å². The third-order valence-corrected chi connectivity index (χ3v) is 3.92. The number of para-hydroxylation sites is 1. The number of rotatable bonds is 6. The largest absolute Gasteiger partial charge is 0.459 e. The lowest BCUT2D eigenvalue weighted by atomic mass is 10.2. The maximum atomic E-state index is 12.1. The minimum atomic E-state index is -0.232. The molecule has 0 aliphatic carbocycles. The van der Waals surface area contributed by atoms with Crippen LogP contribution in [0.2, 0.25) is 0 Å². The zero-order valence-corrected chi connectivity index (χ0v) is 14.0. The molecule has 1 heterocycles. The first-order valence-electron chi connectivity index (χ1n) is 8.24. The minimum absolute atomic E-state index is 0.138. The summed E-state index contributed by atoms with van der Waals surface area (Å²) in [6.45, 7) is 2.16. The number of carbonyl (C=O) groups excluding carboxylic acids is 2. The Hall–Kier alpha value is -3.08. The van der Waals surface area contributed by atoms with Gasteiger partial charge in [0.15, 0.2) is 0 Å². The third kappa shape index (κ3) is 4.26. The molecule has 0 bridgehead atoms. The van der Waals surface area contributed by atoms with Gasteiger partial charge in [0.2, 0.25) is 5.91 Å². The highest BCUT2D eigenvalue weighted by atomic mass is 16.3. The lowest BCUT2D eigenvalue weighted by Crippen LogP contribution is -2.31.